The Kier molecular flexibility index (Phi) is 8.04. The van der Waals surface area contributed by atoms with Crippen LogP contribution in [-0.4, -0.2) is 58.7 Å². The SMILES string of the molecule is CC(OC1OCCN(Cc2n[nH]nc2CN(C)C)C1c1ccc(F)cc1)c1cccc(C(F)(F)F)c1. The van der Waals surface area contributed by atoms with Crippen molar-refractivity contribution in [2.75, 3.05) is 27.2 Å². The van der Waals surface area contributed by atoms with E-state index in [1.54, 1.807) is 25.1 Å². The first kappa shape index (κ1) is 26.2. The van der Waals surface area contributed by atoms with E-state index in [-0.39, 0.29) is 5.82 Å². The van der Waals surface area contributed by atoms with Crippen LogP contribution in [0.15, 0.2) is 48.5 Å². The monoisotopic (exact) mass is 507 g/mol. The molecule has 1 aliphatic heterocycles. The Bertz CT molecular complexity index is 1140. The third-order valence-corrected chi connectivity index (χ3v) is 6.07. The van der Waals surface area contributed by atoms with E-state index in [2.05, 4.69) is 20.3 Å². The highest BCUT2D eigenvalue weighted by molar-refractivity contribution is 5.27. The molecule has 2 heterocycles. The van der Waals surface area contributed by atoms with Crippen LogP contribution in [0.3, 0.4) is 0 Å². The molecule has 1 saturated heterocycles. The minimum atomic E-state index is -4.45. The summed E-state index contributed by atoms with van der Waals surface area (Å²) in [6.45, 7) is 3.62. The van der Waals surface area contributed by atoms with Crippen molar-refractivity contribution >= 4 is 0 Å². The molecular formula is C25H29F4N5O2. The number of nitrogens with one attached hydrogen (secondary N) is 1. The third-order valence-electron chi connectivity index (χ3n) is 6.07. The molecule has 0 amide bonds. The van der Waals surface area contributed by atoms with Gasteiger partial charge in [-0.05, 0) is 56.4 Å². The highest BCUT2D eigenvalue weighted by atomic mass is 19.4. The number of aromatic nitrogens is 3. The Hall–Kier alpha value is -2.86. The summed E-state index contributed by atoms with van der Waals surface area (Å²) in [4.78, 5) is 4.10. The first-order chi connectivity index (χ1) is 17.1. The van der Waals surface area contributed by atoms with Crippen LogP contribution in [0.2, 0.25) is 0 Å². The fourth-order valence-electron chi connectivity index (χ4n) is 4.28. The number of ether oxygens (including phenoxy) is 2. The van der Waals surface area contributed by atoms with Crippen molar-refractivity contribution in [3.05, 3.63) is 82.4 Å². The number of nitrogens with zero attached hydrogens (tertiary/aromatic N) is 4. The highest BCUT2D eigenvalue weighted by Gasteiger charge is 2.37. The quantitative estimate of drug-likeness (QED) is 0.446. The van der Waals surface area contributed by atoms with Gasteiger partial charge in [0.25, 0.3) is 0 Å². The van der Waals surface area contributed by atoms with Gasteiger partial charge < -0.3 is 14.4 Å². The second kappa shape index (κ2) is 11.0. The van der Waals surface area contributed by atoms with Gasteiger partial charge in [-0.1, -0.05) is 24.3 Å². The topological polar surface area (TPSA) is 66.5 Å². The van der Waals surface area contributed by atoms with E-state index in [9.17, 15) is 17.6 Å². The van der Waals surface area contributed by atoms with Gasteiger partial charge in [-0.15, -0.1) is 0 Å². The van der Waals surface area contributed by atoms with Gasteiger partial charge in [-0.25, -0.2) is 4.39 Å². The molecule has 3 aromatic rings. The Balaban J connectivity index is 1.60. The number of H-pyrrole nitrogens is 1. The van der Waals surface area contributed by atoms with Crippen molar-refractivity contribution in [2.24, 2.45) is 0 Å². The van der Waals surface area contributed by atoms with Crippen molar-refractivity contribution in [3.8, 4) is 0 Å². The van der Waals surface area contributed by atoms with Crippen molar-refractivity contribution in [1.29, 1.82) is 0 Å². The number of aromatic amines is 1. The van der Waals surface area contributed by atoms with Crippen LogP contribution >= 0.6 is 0 Å². The lowest BCUT2D eigenvalue weighted by Crippen LogP contribution is -2.46. The minimum Gasteiger partial charge on any atom is -0.349 e. The van der Waals surface area contributed by atoms with E-state index in [0.29, 0.717) is 31.8 Å². The fraction of sp³-hybridized carbons (Fsp3) is 0.440. The molecular weight excluding hydrogens is 478 g/mol. The van der Waals surface area contributed by atoms with Crippen LogP contribution in [0.5, 0.6) is 0 Å². The first-order valence-electron chi connectivity index (χ1n) is 11.6. The van der Waals surface area contributed by atoms with Crippen LogP contribution in [0.4, 0.5) is 17.6 Å². The van der Waals surface area contributed by atoms with Crippen molar-refractivity contribution in [3.63, 3.8) is 0 Å². The minimum absolute atomic E-state index is 0.346. The van der Waals surface area contributed by atoms with Gasteiger partial charge in [0.05, 0.1) is 24.3 Å². The van der Waals surface area contributed by atoms with Crippen molar-refractivity contribution in [1.82, 2.24) is 25.2 Å². The van der Waals surface area contributed by atoms with E-state index >= 15 is 0 Å². The molecule has 194 valence electrons. The zero-order valence-corrected chi connectivity index (χ0v) is 20.3. The molecule has 4 rings (SSSR count). The molecule has 3 unspecified atom stereocenters. The van der Waals surface area contributed by atoms with Gasteiger partial charge in [0.2, 0.25) is 0 Å². The van der Waals surface area contributed by atoms with E-state index in [0.717, 1.165) is 29.1 Å². The molecule has 1 N–H and O–H groups in total. The standard InChI is InChI=1S/C25H29F4N5O2/c1-16(18-5-4-6-19(13-18)25(27,28)29)36-24-23(17-7-9-20(26)10-8-17)34(11-12-35-24)15-22-21(14-33(2)3)30-32-31-22/h4-10,13,16,23-24H,11-12,14-15H2,1-3H3,(H,30,31,32). The summed E-state index contributed by atoms with van der Waals surface area (Å²) in [5.41, 5.74) is 1.97. The molecule has 2 aromatic carbocycles. The van der Waals surface area contributed by atoms with Gasteiger partial charge >= 0.3 is 6.18 Å². The molecule has 7 nitrogen and oxygen atoms in total. The predicted octanol–water partition coefficient (Wildman–Crippen LogP) is 4.70. The van der Waals surface area contributed by atoms with Crippen LogP contribution in [-0.2, 0) is 28.7 Å². The summed E-state index contributed by atoms with van der Waals surface area (Å²) >= 11 is 0. The highest BCUT2D eigenvalue weighted by Crippen LogP contribution is 2.36. The lowest BCUT2D eigenvalue weighted by molar-refractivity contribution is -0.231. The number of hydrogen-bond donors (Lipinski definition) is 1. The third kappa shape index (κ3) is 6.28. The van der Waals surface area contributed by atoms with Crippen LogP contribution in [0.25, 0.3) is 0 Å². The van der Waals surface area contributed by atoms with Gasteiger partial charge in [0, 0.05) is 19.6 Å². The summed E-state index contributed by atoms with van der Waals surface area (Å²) in [6, 6.07) is 10.7. The molecule has 0 aliphatic carbocycles. The number of halogens is 4. The van der Waals surface area contributed by atoms with Crippen molar-refractivity contribution < 1.29 is 27.0 Å². The molecule has 0 saturated carbocycles. The maximum Gasteiger partial charge on any atom is 0.416 e. The second-order valence-electron chi connectivity index (χ2n) is 9.06. The first-order valence-corrected chi connectivity index (χ1v) is 11.6. The van der Waals surface area contributed by atoms with E-state index in [4.69, 9.17) is 9.47 Å². The molecule has 1 aromatic heterocycles. The molecule has 3 atom stereocenters. The maximum absolute atomic E-state index is 13.7. The van der Waals surface area contributed by atoms with Crippen LogP contribution in [0, 0.1) is 5.82 Å². The van der Waals surface area contributed by atoms with E-state index in [1.807, 2.05) is 19.0 Å². The molecule has 1 aliphatic rings. The molecule has 36 heavy (non-hydrogen) atoms. The zero-order chi connectivity index (χ0) is 25.9. The number of alkyl halides is 3. The summed E-state index contributed by atoms with van der Waals surface area (Å²) < 4.78 is 65.6. The molecule has 0 bridgehead atoms. The van der Waals surface area contributed by atoms with Gasteiger partial charge in [-0.2, -0.15) is 28.6 Å². The van der Waals surface area contributed by atoms with E-state index < -0.39 is 30.2 Å². The van der Waals surface area contributed by atoms with Crippen molar-refractivity contribution in [2.45, 2.75) is 44.6 Å². The Morgan fingerprint density at radius 3 is 2.56 bits per heavy atom. The van der Waals surface area contributed by atoms with Crippen LogP contribution < -0.4 is 0 Å². The summed E-state index contributed by atoms with van der Waals surface area (Å²) in [6.07, 6.45) is -5.94. The Morgan fingerprint density at radius 1 is 1.14 bits per heavy atom. The lowest BCUT2D eigenvalue weighted by atomic mass is 10.0. The smallest absolute Gasteiger partial charge is 0.349 e. The average molecular weight is 508 g/mol. The fourth-order valence-corrected chi connectivity index (χ4v) is 4.28. The molecule has 1 fully saturated rings. The predicted molar refractivity (Wildman–Crippen MR) is 124 cm³/mol. The van der Waals surface area contributed by atoms with Gasteiger partial charge in [-0.3, -0.25) is 4.90 Å². The Morgan fingerprint density at radius 2 is 1.86 bits per heavy atom. The summed E-state index contributed by atoms with van der Waals surface area (Å²) in [7, 11) is 3.88. The van der Waals surface area contributed by atoms with Gasteiger partial charge in [0.15, 0.2) is 6.29 Å². The summed E-state index contributed by atoms with van der Waals surface area (Å²) in [5.74, 6) is -0.374. The second-order valence-corrected chi connectivity index (χ2v) is 9.06. The van der Waals surface area contributed by atoms with E-state index in [1.165, 1.54) is 18.2 Å². The largest absolute Gasteiger partial charge is 0.416 e. The number of morpholine rings is 1. The molecule has 0 radical (unpaired) electrons. The maximum atomic E-state index is 13.7. The van der Waals surface area contributed by atoms with Gasteiger partial charge in [0.1, 0.15) is 17.2 Å². The lowest BCUT2D eigenvalue weighted by Gasteiger charge is -2.41. The normalized spacial score (nSPS) is 20.1. The zero-order valence-electron chi connectivity index (χ0n) is 20.3. The number of hydrogen-bond acceptors (Lipinski definition) is 6. The average Bonchev–Trinajstić information content (AvgIpc) is 3.25. The Labute approximate surface area is 207 Å². The molecule has 11 heteroatoms. The number of rotatable bonds is 8. The summed E-state index contributed by atoms with van der Waals surface area (Å²) in [5, 5.41) is 11.3. The number of benzene rings is 2. The van der Waals surface area contributed by atoms with Crippen LogP contribution in [0.1, 0.15) is 47.1 Å². The molecule has 0 spiro atoms.